The number of carbonyl (C=O) groups is 1. The van der Waals surface area contributed by atoms with Crippen LogP contribution in [0.3, 0.4) is 0 Å². The van der Waals surface area contributed by atoms with Gasteiger partial charge in [-0.15, -0.1) is 0 Å². The van der Waals surface area contributed by atoms with Gasteiger partial charge in [-0.05, 0) is 12.3 Å². The third-order valence-corrected chi connectivity index (χ3v) is 2.29. The molecule has 86 valence electrons. The Morgan fingerprint density at radius 2 is 1.93 bits per heavy atom. The Labute approximate surface area is 88.7 Å². The van der Waals surface area contributed by atoms with Gasteiger partial charge in [0, 0.05) is 27.1 Å². The van der Waals surface area contributed by atoms with E-state index in [2.05, 4.69) is 19.2 Å². The van der Waals surface area contributed by atoms with Crippen LogP contribution in [0.4, 0.5) is 0 Å². The molecule has 0 aromatic heterocycles. The Balaban J connectivity index is 0. The molecule has 1 amide bonds. The molecule has 0 aromatic rings. The number of rotatable bonds is 6. The van der Waals surface area contributed by atoms with Crippen molar-refractivity contribution in [2.75, 3.05) is 13.7 Å². The van der Waals surface area contributed by atoms with Gasteiger partial charge < -0.3 is 10.1 Å². The van der Waals surface area contributed by atoms with Crippen molar-refractivity contribution in [3.05, 3.63) is 0 Å². The zero-order valence-electron chi connectivity index (χ0n) is 9.96. The number of amides is 1. The summed E-state index contributed by atoms with van der Waals surface area (Å²) >= 11 is 0. The second-order valence-electron chi connectivity index (χ2n) is 4.30. The SMILES string of the molecule is COCC[C@H](NC(=O)C(C)C)C(C)C.[HH]. The number of nitrogens with one attached hydrogen (secondary N) is 1. The highest BCUT2D eigenvalue weighted by Crippen LogP contribution is 2.07. The summed E-state index contributed by atoms with van der Waals surface area (Å²) in [5.74, 6) is 0.631. The van der Waals surface area contributed by atoms with Gasteiger partial charge in [0.05, 0.1) is 0 Å². The minimum absolute atomic E-state index is 0. The lowest BCUT2D eigenvalue weighted by Gasteiger charge is -2.23. The van der Waals surface area contributed by atoms with Gasteiger partial charge in [0.2, 0.25) is 5.91 Å². The average molecular weight is 203 g/mol. The Kier molecular flexibility index (Phi) is 6.54. The van der Waals surface area contributed by atoms with Crippen LogP contribution in [0.2, 0.25) is 0 Å². The first-order chi connectivity index (χ1) is 6.49. The molecule has 0 fully saturated rings. The van der Waals surface area contributed by atoms with Crippen molar-refractivity contribution in [1.29, 1.82) is 0 Å². The second-order valence-corrected chi connectivity index (χ2v) is 4.30. The maximum Gasteiger partial charge on any atom is 0.222 e. The minimum atomic E-state index is 0. The van der Waals surface area contributed by atoms with E-state index in [0.29, 0.717) is 12.5 Å². The van der Waals surface area contributed by atoms with Crippen LogP contribution in [-0.4, -0.2) is 25.7 Å². The first kappa shape index (κ1) is 13.4. The largest absolute Gasteiger partial charge is 0.385 e. The molecule has 14 heavy (non-hydrogen) atoms. The summed E-state index contributed by atoms with van der Waals surface area (Å²) in [5, 5.41) is 3.03. The topological polar surface area (TPSA) is 38.3 Å². The summed E-state index contributed by atoms with van der Waals surface area (Å²) in [5.41, 5.74) is 0. The van der Waals surface area contributed by atoms with Gasteiger partial charge in [-0.25, -0.2) is 0 Å². The van der Waals surface area contributed by atoms with E-state index in [1.54, 1.807) is 7.11 Å². The predicted molar refractivity (Wildman–Crippen MR) is 60.2 cm³/mol. The average Bonchev–Trinajstić information content (AvgIpc) is 2.10. The molecular formula is C11H25NO2. The zero-order valence-corrected chi connectivity index (χ0v) is 9.96. The molecule has 0 aliphatic rings. The van der Waals surface area contributed by atoms with Gasteiger partial charge in [-0.2, -0.15) is 0 Å². The van der Waals surface area contributed by atoms with Crippen molar-refractivity contribution in [3.8, 4) is 0 Å². The number of methoxy groups -OCH3 is 1. The van der Waals surface area contributed by atoms with E-state index in [9.17, 15) is 4.79 Å². The van der Waals surface area contributed by atoms with Crippen LogP contribution in [0.5, 0.6) is 0 Å². The van der Waals surface area contributed by atoms with E-state index in [-0.39, 0.29) is 19.3 Å². The number of carbonyl (C=O) groups excluding carboxylic acids is 1. The third kappa shape index (κ3) is 5.22. The summed E-state index contributed by atoms with van der Waals surface area (Å²) < 4.78 is 5.01. The van der Waals surface area contributed by atoms with Crippen LogP contribution in [0.15, 0.2) is 0 Å². The molecule has 0 aromatic carbocycles. The van der Waals surface area contributed by atoms with E-state index in [1.165, 1.54) is 0 Å². The third-order valence-electron chi connectivity index (χ3n) is 2.29. The first-order valence-electron chi connectivity index (χ1n) is 5.28. The van der Waals surface area contributed by atoms with Gasteiger partial charge in [0.15, 0.2) is 0 Å². The molecule has 1 N–H and O–H groups in total. The molecule has 0 rings (SSSR count). The van der Waals surface area contributed by atoms with Crippen LogP contribution < -0.4 is 5.32 Å². The fourth-order valence-electron chi connectivity index (χ4n) is 1.17. The van der Waals surface area contributed by atoms with E-state index >= 15 is 0 Å². The first-order valence-corrected chi connectivity index (χ1v) is 5.28. The lowest BCUT2D eigenvalue weighted by Crippen LogP contribution is -2.41. The molecular weight excluding hydrogens is 178 g/mol. The standard InChI is InChI=1S/C11H23NO2.H2/c1-8(2)10(6-7-14-5)12-11(13)9(3)4;/h8-10H,6-7H2,1-5H3,(H,12,13);1H/t10-;/m0./s1. The quantitative estimate of drug-likeness (QED) is 0.717. The van der Waals surface area contributed by atoms with Crippen molar-refractivity contribution < 1.29 is 11.0 Å². The highest BCUT2D eigenvalue weighted by atomic mass is 16.5. The molecule has 0 bridgehead atoms. The second kappa shape index (κ2) is 6.82. The van der Waals surface area contributed by atoms with Crippen LogP contribution >= 0.6 is 0 Å². The van der Waals surface area contributed by atoms with Crippen LogP contribution in [-0.2, 0) is 9.53 Å². The fourth-order valence-corrected chi connectivity index (χ4v) is 1.17. The highest BCUT2D eigenvalue weighted by molar-refractivity contribution is 5.78. The molecule has 0 unspecified atom stereocenters. The lowest BCUT2D eigenvalue weighted by molar-refractivity contribution is -0.125. The number of hydrogen-bond donors (Lipinski definition) is 1. The number of ether oxygens (including phenoxy) is 1. The maximum absolute atomic E-state index is 11.5. The maximum atomic E-state index is 11.5. The van der Waals surface area contributed by atoms with Gasteiger partial charge >= 0.3 is 0 Å². The van der Waals surface area contributed by atoms with E-state index in [0.717, 1.165) is 6.42 Å². The van der Waals surface area contributed by atoms with Crippen molar-refractivity contribution >= 4 is 5.91 Å². The van der Waals surface area contributed by atoms with Crippen LogP contribution in [0.1, 0.15) is 35.5 Å². The minimum Gasteiger partial charge on any atom is -0.385 e. The van der Waals surface area contributed by atoms with Crippen molar-refractivity contribution in [3.63, 3.8) is 0 Å². The van der Waals surface area contributed by atoms with Crippen molar-refractivity contribution in [2.24, 2.45) is 11.8 Å². The Bertz CT molecular complexity index is 172. The van der Waals surface area contributed by atoms with E-state index in [1.807, 2.05) is 13.8 Å². The number of hydrogen-bond acceptors (Lipinski definition) is 2. The smallest absolute Gasteiger partial charge is 0.222 e. The van der Waals surface area contributed by atoms with E-state index in [4.69, 9.17) is 4.74 Å². The van der Waals surface area contributed by atoms with Crippen LogP contribution in [0, 0.1) is 11.8 Å². The molecule has 0 heterocycles. The van der Waals surface area contributed by atoms with Crippen LogP contribution in [0.25, 0.3) is 0 Å². The highest BCUT2D eigenvalue weighted by Gasteiger charge is 2.17. The summed E-state index contributed by atoms with van der Waals surface area (Å²) in [7, 11) is 1.68. The molecule has 0 radical (unpaired) electrons. The molecule has 3 nitrogen and oxygen atoms in total. The summed E-state index contributed by atoms with van der Waals surface area (Å²) in [6.45, 7) is 8.73. The lowest BCUT2D eigenvalue weighted by atomic mass is 10.0. The Morgan fingerprint density at radius 1 is 1.36 bits per heavy atom. The monoisotopic (exact) mass is 203 g/mol. The molecule has 0 aliphatic heterocycles. The molecule has 0 aliphatic carbocycles. The van der Waals surface area contributed by atoms with E-state index < -0.39 is 0 Å². The summed E-state index contributed by atoms with van der Waals surface area (Å²) in [4.78, 5) is 11.5. The molecule has 1 atom stereocenters. The summed E-state index contributed by atoms with van der Waals surface area (Å²) in [6, 6.07) is 0.227. The molecule has 0 saturated carbocycles. The van der Waals surface area contributed by atoms with Crippen molar-refractivity contribution in [2.45, 2.75) is 40.2 Å². The fraction of sp³-hybridized carbons (Fsp3) is 0.909. The summed E-state index contributed by atoms with van der Waals surface area (Å²) in [6.07, 6.45) is 0.882. The van der Waals surface area contributed by atoms with Crippen molar-refractivity contribution in [1.82, 2.24) is 5.32 Å². The van der Waals surface area contributed by atoms with Gasteiger partial charge in [0.25, 0.3) is 0 Å². The molecule has 0 saturated heterocycles. The Hall–Kier alpha value is -0.570. The molecule has 3 heteroatoms. The molecule has 0 spiro atoms. The van der Waals surface area contributed by atoms with Gasteiger partial charge in [0.1, 0.15) is 0 Å². The van der Waals surface area contributed by atoms with Gasteiger partial charge in [-0.1, -0.05) is 27.7 Å². The zero-order chi connectivity index (χ0) is 11.1. The van der Waals surface area contributed by atoms with Gasteiger partial charge in [-0.3, -0.25) is 4.79 Å². The normalized spacial score (nSPS) is 13.4. The Morgan fingerprint density at radius 3 is 2.29 bits per heavy atom. The predicted octanol–water partition coefficient (Wildman–Crippen LogP) is 2.07.